The molecule has 0 radical (unpaired) electrons. The number of aromatic hydroxyl groups is 1. The normalized spacial score (nSPS) is 10.2. The quantitative estimate of drug-likeness (QED) is 0.816. The number of hydrogen-bond donors (Lipinski definition) is 1. The van der Waals surface area contributed by atoms with Gasteiger partial charge in [-0.05, 0) is 36.2 Å². The standard InChI is InChI=1S/C14H11ClO2/c1-9(16)10-2-4-11(5-3-10)12-6-13(15)8-14(17)7-12/h2-8,17H,1H3. The second kappa shape index (κ2) is 4.60. The van der Waals surface area contributed by atoms with Gasteiger partial charge in [-0.1, -0.05) is 35.9 Å². The molecule has 0 aliphatic rings. The minimum Gasteiger partial charge on any atom is -0.508 e. The summed E-state index contributed by atoms with van der Waals surface area (Å²) in [6.45, 7) is 1.53. The van der Waals surface area contributed by atoms with Crippen molar-refractivity contribution in [2.45, 2.75) is 6.92 Å². The van der Waals surface area contributed by atoms with Gasteiger partial charge in [0.2, 0.25) is 0 Å². The molecular formula is C14H11ClO2. The van der Waals surface area contributed by atoms with Crippen molar-refractivity contribution in [3.8, 4) is 16.9 Å². The van der Waals surface area contributed by atoms with Crippen LogP contribution in [0.2, 0.25) is 5.02 Å². The summed E-state index contributed by atoms with van der Waals surface area (Å²) in [5, 5.41) is 9.94. The Hall–Kier alpha value is -1.80. The highest BCUT2D eigenvalue weighted by Gasteiger charge is 2.03. The highest BCUT2D eigenvalue weighted by atomic mass is 35.5. The minimum atomic E-state index is 0.0329. The molecule has 0 aromatic heterocycles. The maximum atomic E-state index is 11.1. The summed E-state index contributed by atoms with van der Waals surface area (Å²) in [4.78, 5) is 11.1. The lowest BCUT2D eigenvalue weighted by molar-refractivity contribution is 0.101. The Kier molecular flexibility index (Phi) is 3.16. The molecule has 17 heavy (non-hydrogen) atoms. The van der Waals surface area contributed by atoms with Crippen LogP contribution in [0, 0.1) is 0 Å². The fourth-order valence-corrected chi connectivity index (χ4v) is 1.87. The van der Waals surface area contributed by atoms with Gasteiger partial charge in [0.1, 0.15) is 5.75 Å². The third kappa shape index (κ3) is 2.66. The lowest BCUT2D eigenvalue weighted by Crippen LogP contribution is -1.90. The van der Waals surface area contributed by atoms with Crippen molar-refractivity contribution in [1.29, 1.82) is 0 Å². The predicted molar refractivity (Wildman–Crippen MR) is 68.6 cm³/mol. The molecule has 1 N–H and O–H groups in total. The maximum absolute atomic E-state index is 11.1. The van der Waals surface area contributed by atoms with E-state index < -0.39 is 0 Å². The van der Waals surface area contributed by atoms with Gasteiger partial charge in [-0.3, -0.25) is 4.79 Å². The molecule has 0 fully saturated rings. The number of halogens is 1. The first-order valence-corrected chi connectivity index (χ1v) is 5.55. The lowest BCUT2D eigenvalue weighted by atomic mass is 10.0. The van der Waals surface area contributed by atoms with Gasteiger partial charge >= 0.3 is 0 Å². The van der Waals surface area contributed by atoms with Gasteiger partial charge in [0.25, 0.3) is 0 Å². The van der Waals surface area contributed by atoms with Gasteiger partial charge in [-0.25, -0.2) is 0 Å². The molecule has 86 valence electrons. The SMILES string of the molecule is CC(=O)c1ccc(-c2cc(O)cc(Cl)c2)cc1. The van der Waals surface area contributed by atoms with Gasteiger partial charge in [0.05, 0.1) is 0 Å². The monoisotopic (exact) mass is 246 g/mol. The van der Waals surface area contributed by atoms with Crippen LogP contribution in [-0.2, 0) is 0 Å². The Balaban J connectivity index is 2.43. The molecule has 0 unspecified atom stereocenters. The van der Waals surface area contributed by atoms with Crippen molar-refractivity contribution < 1.29 is 9.90 Å². The topological polar surface area (TPSA) is 37.3 Å². The summed E-state index contributed by atoms with van der Waals surface area (Å²) in [5.41, 5.74) is 2.40. The first-order chi connectivity index (χ1) is 8.06. The summed E-state index contributed by atoms with van der Waals surface area (Å²) < 4.78 is 0. The molecule has 0 heterocycles. The van der Waals surface area contributed by atoms with E-state index in [4.69, 9.17) is 11.6 Å². The van der Waals surface area contributed by atoms with Crippen LogP contribution < -0.4 is 0 Å². The van der Waals surface area contributed by atoms with Crippen molar-refractivity contribution in [2.75, 3.05) is 0 Å². The van der Waals surface area contributed by atoms with Crippen LogP contribution in [0.5, 0.6) is 5.75 Å². The van der Waals surface area contributed by atoms with Gasteiger partial charge < -0.3 is 5.11 Å². The molecule has 0 atom stereocenters. The van der Waals surface area contributed by atoms with Crippen LogP contribution in [0.15, 0.2) is 42.5 Å². The van der Waals surface area contributed by atoms with E-state index in [0.29, 0.717) is 10.6 Å². The fraction of sp³-hybridized carbons (Fsp3) is 0.0714. The number of Topliss-reactive ketones (excluding diaryl/α,β-unsaturated/α-hetero) is 1. The van der Waals surface area contributed by atoms with E-state index in [1.165, 1.54) is 13.0 Å². The number of ketones is 1. The summed E-state index contributed by atoms with van der Waals surface area (Å²) in [7, 11) is 0. The Morgan fingerprint density at radius 1 is 1.06 bits per heavy atom. The predicted octanol–water partition coefficient (Wildman–Crippen LogP) is 3.92. The molecule has 2 aromatic carbocycles. The summed E-state index contributed by atoms with van der Waals surface area (Å²) in [6.07, 6.45) is 0. The second-order valence-electron chi connectivity index (χ2n) is 3.83. The average molecular weight is 247 g/mol. The van der Waals surface area contributed by atoms with Crippen molar-refractivity contribution in [2.24, 2.45) is 0 Å². The third-order valence-electron chi connectivity index (χ3n) is 2.51. The van der Waals surface area contributed by atoms with Crippen LogP contribution in [0.25, 0.3) is 11.1 Å². The zero-order valence-electron chi connectivity index (χ0n) is 9.27. The van der Waals surface area contributed by atoms with E-state index in [2.05, 4.69) is 0 Å². The Bertz CT molecular complexity index is 539. The number of phenolic OH excluding ortho intramolecular Hbond substituents is 1. The summed E-state index contributed by atoms with van der Waals surface area (Å²) in [5.74, 6) is 0.161. The molecule has 0 saturated carbocycles. The summed E-state index contributed by atoms with van der Waals surface area (Å²) in [6, 6.07) is 12.1. The Morgan fingerprint density at radius 2 is 1.71 bits per heavy atom. The molecule has 0 bridgehead atoms. The number of carbonyl (C=O) groups excluding carboxylic acids is 1. The van der Waals surface area contributed by atoms with E-state index in [9.17, 15) is 9.90 Å². The van der Waals surface area contributed by atoms with Crippen LogP contribution in [0.4, 0.5) is 0 Å². The molecule has 0 saturated heterocycles. The minimum absolute atomic E-state index is 0.0329. The van der Waals surface area contributed by atoms with Crippen LogP contribution in [0.1, 0.15) is 17.3 Å². The Labute approximate surface area is 104 Å². The smallest absolute Gasteiger partial charge is 0.159 e. The molecule has 2 aromatic rings. The van der Waals surface area contributed by atoms with E-state index in [1.807, 2.05) is 12.1 Å². The van der Waals surface area contributed by atoms with Crippen molar-refractivity contribution >= 4 is 17.4 Å². The van der Waals surface area contributed by atoms with E-state index >= 15 is 0 Å². The molecule has 2 nitrogen and oxygen atoms in total. The largest absolute Gasteiger partial charge is 0.508 e. The van der Waals surface area contributed by atoms with Crippen LogP contribution >= 0.6 is 11.6 Å². The third-order valence-corrected chi connectivity index (χ3v) is 2.73. The fourth-order valence-electron chi connectivity index (χ4n) is 1.64. The number of rotatable bonds is 2. The Morgan fingerprint density at radius 3 is 2.24 bits per heavy atom. The molecule has 0 aliphatic heterocycles. The second-order valence-corrected chi connectivity index (χ2v) is 4.27. The lowest BCUT2D eigenvalue weighted by Gasteiger charge is -2.04. The van der Waals surface area contributed by atoms with E-state index in [-0.39, 0.29) is 11.5 Å². The van der Waals surface area contributed by atoms with Crippen LogP contribution in [-0.4, -0.2) is 10.9 Å². The zero-order valence-corrected chi connectivity index (χ0v) is 10.0. The number of phenols is 1. The first-order valence-electron chi connectivity index (χ1n) is 5.17. The number of hydrogen-bond acceptors (Lipinski definition) is 2. The first kappa shape index (κ1) is 11.7. The van der Waals surface area contributed by atoms with Crippen molar-refractivity contribution in [3.63, 3.8) is 0 Å². The molecule has 0 spiro atoms. The summed E-state index contributed by atoms with van der Waals surface area (Å²) >= 11 is 5.87. The molecular weight excluding hydrogens is 236 g/mol. The van der Waals surface area contributed by atoms with Crippen molar-refractivity contribution in [3.05, 3.63) is 53.1 Å². The van der Waals surface area contributed by atoms with Crippen molar-refractivity contribution in [1.82, 2.24) is 0 Å². The molecule has 0 amide bonds. The van der Waals surface area contributed by atoms with Crippen LogP contribution in [0.3, 0.4) is 0 Å². The average Bonchev–Trinajstić information content (AvgIpc) is 2.28. The van der Waals surface area contributed by atoms with Gasteiger partial charge in [-0.2, -0.15) is 0 Å². The zero-order chi connectivity index (χ0) is 12.4. The molecule has 3 heteroatoms. The van der Waals surface area contributed by atoms with Gasteiger partial charge in [-0.15, -0.1) is 0 Å². The number of carbonyl (C=O) groups is 1. The molecule has 0 aliphatic carbocycles. The van der Waals surface area contributed by atoms with Gasteiger partial charge in [0, 0.05) is 10.6 Å². The highest BCUT2D eigenvalue weighted by Crippen LogP contribution is 2.27. The highest BCUT2D eigenvalue weighted by molar-refractivity contribution is 6.31. The maximum Gasteiger partial charge on any atom is 0.159 e. The van der Waals surface area contributed by atoms with Gasteiger partial charge in [0.15, 0.2) is 5.78 Å². The number of benzene rings is 2. The molecule has 2 rings (SSSR count). The van der Waals surface area contributed by atoms with E-state index in [1.54, 1.807) is 24.3 Å². The van der Waals surface area contributed by atoms with E-state index in [0.717, 1.165) is 11.1 Å².